The second-order valence-corrected chi connectivity index (χ2v) is 7.08. The van der Waals surface area contributed by atoms with Crippen LogP contribution in [0.2, 0.25) is 5.02 Å². The average molecular weight is 366 g/mol. The summed E-state index contributed by atoms with van der Waals surface area (Å²) in [5.74, 6) is 0.0612. The van der Waals surface area contributed by atoms with Crippen molar-refractivity contribution in [2.24, 2.45) is 0 Å². The summed E-state index contributed by atoms with van der Waals surface area (Å²) < 4.78 is 5.31. The number of benzene rings is 2. The van der Waals surface area contributed by atoms with Crippen molar-refractivity contribution < 1.29 is 9.32 Å². The summed E-state index contributed by atoms with van der Waals surface area (Å²) in [5, 5.41) is 6.78. The number of nitrogens with one attached hydrogen (secondary N) is 1. The second kappa shape index (κ2) is 5.88. The fraction of sp³-hybridized carbons (Fsp3) is 0.200. The molecule has 2 aromatic heterocycles. The first-order chi connectivity index (χ1) is 12.7. The summed E-state index contributed by atoms with van der Waals surface area (Å²) in [5.41, 5.74) is 4.82. The fourth-order valence-electron chi connectivity index (χ4n) is 3.72. The second-order valence-electron chi connectivity index (χ2n) is 6.64. The van der Waals surface area contributed by atoms with Gasteiger partial charge in [-0.05, 0) is 30.3 Å². The van der Waals surface area contributed by atoms with E-state index in [2.05, 4.69) is 10.1 Å². The summed E-state index contributed by atoms with van der Waals surface area (Å²) in [6.45, 7) is 1.28. The number of hydrogen-bond donors (Lipinski definition) is 1. The molecular weight excluding hydrogens is 350 g/mol. The van der Waals surface area contributed by atoms with Crippen molar-refractivity contribution in [3.8, 4) is 0 Å². The van der Waals surface area contributed by atoms with Gasteiger partial charge in [0.2, 0.25) is 5.91 Å². The zero-order valence-electron chi connectivity index (χ0n) is 14.0. The van der Waals surface area contributed by atoms with Crippen molar-refractivity contribution in [2.45, 2.75) is 19.4 Å². The number of aromatic amines is 1. The van der Waals surface area contributed by atoms with Crippen molar-refractivity contribution in [1.82, 2.24) is 15.0 Å². The van der Waals surface area contributed by atoms with Crippen LogP contribution in [0.1, 0.15) is 17.0 Å². The van der Waals surface area contributed by atoms with Gasteiger partial charge in [-0.25, -0.2) is 0 Å². The fourth-order valence-corrected chi connectivity index (χ4v) is 3.89. The molecule has 0 bridgehead atoms. The van der Waals surface area contributed by atoms with E-state index in [1.54, 1.807) is 0 Å². The van der Waals surface area contributed by atoms with E-state index in [-0.39, 0.29) is 12.3 Å². The van der Waals surface area contributed by atoms with Gasteiger partial charge in [0.05, 0.1) is 6.42 Å². The van der Waals surface area contributed by atoms with E-state index in [1.165, 1.54) is 5.69 Å². The third kappa shape index (κ3) is 2.47. The highest BCUT2D eigenvalue weighted by Crippen LogP contribution is 2.30. The molecule has 0 radical (unpaired) electrons. The molecule has 4 aromatic rings. The highest BCUT2D eigenvalue weighted by atomic mass is 35.5. The van der Waals surface area contributed by atoms with E-state index >= 15 is 0 Å². The Balaban J connectivity index is 1.42. The minimum Gasteiger partial charge on any atom is -0.358 e. The van der Waals surface area contributed by atoms with Crippen LogP contribution >= 0.6 is 11.6 Å². The summed E-state index contributed by atoms with van der Waals surface area (Å²) in [6, 6.07) is 13.5. The summed E-state index contributed by atoms with van der Waals surface area (Å²) in [7, 11) is 0. The third-order valence-electron chi connectivity index (χ3n) is 5.06. The molecule has 26 heavy (non-hydrogen) atoms. The minimum atomic E-state index is 0.0612. The maximum absolute atomic E-state index is 12.9. The summed E-state index contributed by atoms with van der Waals surface area (Å²) in [4.78, 5) is 18.2. The first-order valence-electron chi connectivity index (χ1n) is 8.59. The average Bonchev–Trinajstić information content (AvgIpc) is 3.22. The lowest BCUT2D eigenvalue weighted by atomic mass is 10.0. The van der Waals surface area contributed by atoms with Crippen LogP contribution in [0.15, 0.2) is 47.0 Å². The Hall–Kier alpha value is -2.79. The van der Waals surface area contributed by atoms with Crippen LogP contribution < -0.4 is 0 Å². The van der Waals surface area contributed by atoms with Crippen LogP contribution in [0.25, 0.3) is 21.9 Å². The smallest absolute Gasteiger partial charge is 0.229 e. The van der Waals surface area contributed by atoms with E-state index in [1.807, 2.05) is 47.4 Å². The van der Waals surface area contributed by atoms with Gasteiger partial charge in [-0.2, -0.15) is 0 Å². The molecule has 0 aliphatic carbocycles. The number of fused-ring (bicyclic) bond motifs is 4. The lowest BCUT2D eigenvalue weighted by molar-refractivity contribution is -0.131. The number of aromatic nitrogens is 2. The van der Waals surface area contributed by atoms with Gasteiger partial charge in [0.1, 0.15) is 5.69 Å². The number of H-pyrrole nitrogens is 1. The van der Waals surface area contributed by atoms with Crippen LogP contribution in [-0.2, 0) is 24.2 Å². The van der Waals surface area contributed by atoms with Crippen molar-refractivity contribution >= 4 is 39.4 Å². The number of rotatable bonds is 2. The largest absolute Gasteiger partial charge is 0.358 e. The molecule has 2 aromatic carbocycles. The highest BCUT2D eigenvalue weighted by molar-refractivity contribution is 6.31. The van der Waals surface area contributed by atoms with Crippen molar-refractivity contribution in [3.05, 3.63) is 64.4 Å². The van der Waals surface area contributed by atoms with Crippen LogP contribution in [-0.4, -0.2) is 27.5 Å². The number of nitrogens with zero attached hydrogens (tertiary/aromatic N) is 2. The normalized spacial score (nSPS) is 14.1. The highest BCUT2D eigenvalue weighted by Gasteiger charge is 2.25. The SMILES string of the molecule is O=C(Cc1noc2ccccc12)N1CCc2[nH]c3ccc(Cl)cc3c2C1. The molecule has 1 N–H and O–H groups in total. The Kier molecular flexibility index (Phi) is 3.50. The molecule has 0 saturated carbocycles. The van der Waals surface area contributed by atoms with E-state index in [9.17, 15) is 4.79 Å². The quantitative estimate of drug-likeness (QED) is 0.582. The Morgan fingerprint density at radius 1 is 1.23 bits per heavy atom. The lowest BCUT2D eigenvalue weighted by Gasteiger charge is -2.27. The first kappa shape index (κ1) is 15.5. The van der Waals surface area contributed by atoms with Gasteiger partial charge in [-0.1, -0.05) is 28.9 Å². The Morgan fingerprint density at radius 2 is 2.12 bits per heavy atom. The molecule has 1 amide bonds. The van der Waals surface area contributed by atoms with Gasteiger partial charge >= 0.3 is 0 Å². The number of hydrogen-bond acceptors (Lipinski definition) is 3. The monoisotopic (exact) mass is 365 g/mol. The van der Waals surface area contributed by atoms with Crippen LogP contribution in [0.4, 0.5) is 0 Å². The lowest BCUT2D eigenvalue weighted by Crippen LogP contribution is -2.36. The van der Waals surface area contributed by atoms with E-state index < -0.39 is 0 Å². The summed E-state index contributed by atoms with van der Waals surface area (Å²) >= 11 is 6.15. The van der Waals surface area contributed by atoms with Gasteiger partial charge in [0.15, 0.2) is 5.58 Å². The van der Waals surface area contributed by atoms with Gasteiger partial charge in [0, 0.05) is 52.1 Å². The van der Waals surface area contributed by atoms with Gasteiger partial charge in [-0.3, -0.25) is 4.79 Å². The maximum atomic E-state index is 12.9. The molecule has 6 heteroatoms. The zero-order chi connectivity index (χ0) is 17.7. The standard InChI is InChI=1S/C20H16ClN3O2/c21-12-5-6-16-14(9-12)15-11-24(8-7-17(15)22-16)20(25)10-18-13-3-1-2-4-19(13)26-23-18/h1-6,9,22H,7-8,10-11H2. The zero-order valence-corrected chi connectivity index (χ0v) is 14.7. The molecule has 0 spiro atoms. The molecular formula is C20H16ClN3O2. The van der Waals surface area contributed by atoms with Crippen LogP contribution in [0.5, 0.6) is 0 Å². The predicted molar refractivity (Wildman–Crippen MR) is 100 cm³/mol. The molecule has 5 rings (SSSR count). The predicted octanol–water partition coefficient (Wildman–Crippen LogP) is 4.09. The number of para-hydroxylation sites is 1. The van der Waals surface area contributed by atoms with Gasteiger partial charge in [-0.15, -0.1) is 0 Å². The molecule has 0 atom stereocenters. The molecule has 0 unspecified atom stereocenters. The van der Waals surface area contributed by atoms with Crippen molar-refractivity contribution in [2.75, 3.05) is 6.54 Å². The van der Waals surface area contributed by atoms with E-state index in [0.29, 0.717) is 29.4 Å². The Morgan fingerprint density at radius 3 is 3.04 bits per heavy atom. The number of amides is 1. The molecule has 5 nitrogen and oxygen atoms in total. The van der Waals surface area contributed by atoms with Crippen molar-refractivity contribution in [3.63, 3.8) is 0 Å². The minimum absolute atomic E-state index is 0.0612. The Bertz CT molecular complexity index is 1140. The van der Waals surface area contributed by atoms with Gasteiger partial charge in [0.25, 0.3) is 0 Å². The number of carbonyl (C=O) groups is 1. The number of carbonyl (C=O) groups excluding carboxylic acids is 1. The topological polar surface area (TPSA) is 62.1 Å². The van der Waals surface area contributed by atoms with Crippen molar-refractivity contribution in [1.29, 1.82) is 0 Å². The first-order valence-corrected chi connectivity index (χ1v) is 8.97. The Labute approximate surface area is 154 Å². The molecule has 1 aliphatic heterocycles. The molecule has 0 fully saturated rings. The molecule has 3 heterocycles. The van der Waals surface area contributed by atoms with E-state index in [4.69, 9.17) is 16.1 Å². The molecule has 1 aliphatic rings. The molecule has 0 saturated heterocycles. The van der Waals surface area contributed by atoms with Crippen LogP contribution in [0, 0.1) is 0 Å². The number of halogens is 1. The third-order valence-corrected chi connectivity index (χ3v) is 5.30. The summed E-state index contributed by atoms with van der Waals surface area (Å²) in [6.07, 6.45) is 1.06. The van der Waals surface area contributed by atoms with E-state index in [0.717, 1.165) is 28.3 Å². The maximum Gasteiger partial charge on any atom is 0.229 e. The van der Waals surface area contributed by atoms with Gasteiger partial charge < -0.3 is 14.4 Å². The molecule has 130 valence electrons. The van der Waals surface area contributed by atoms with Crippen LogP contribution in [0.3, 0.4) is 0 Å².